The van der Waals surface area contributed by atoms with Gasteiger partial charge >= 0.3 is 0 Å². The van der Waals surface area contributed by atoms with E-state index in [2.05, 4.69) is 21.6 Å². The summed E-state index contributed by atoms with van der Waals surface area (Å²) >= 11 is 3.07. The van der Waals surface area contributed by atoms with Crippen LogP contribution in [0.5, 0.6) is 0 Å². The number of benzene rings is 1. The lowest BCUT2D eigenvalue weighted by Crippen LogP contribution is -2.16. The van der Waals surface area contributed by atoms with Gasteiger partial charge in [-0.1, -0.05) is 47.4 Å². The molecular formula is C15H17N3OS2. The first kappa shape index (κ1) is 14.5. The molecule has 0 aliphatic heterocycles. The van der Waals surface area contributed by atoms with Crippen molar-refractivity contribution in [1.29, 1.82) is 0 Å². The van der Waals surface area contributed by atoms with E-state index in [9.17, 15) is 4.79 Å². The van der Waals surface area contributed by atoms with Crippen LogP contribution in [0.15, 0.2) is 28.6 Å². The van der Waals surface area contributed by atoms with Crippen LogP contribution < -0.4 is 5.32 Å². The molecule has 1 aliphatic rings. The number of nitrogens with zero attached hydrogens (tertiary/aromatic N) is 2. The minimum Gasteiger partial charge on any atom is -0.360 e. The summed E-state index contributed by atoms with van der Waals surface area (Å²) < 4.78 is 0.865. The van der Waals surface area contributed by atoms with Crippen LogP contribution in [-0.2, 0) is 6.42 Å². The van der Waals surface area contributed by atoms with Gasteiger partial charge in [-0.3, -0.25) is 4.79 Å². The summed E-state index contributed by atoms with van der Waals surface area (Å²) in [6.07, 6.45) is 2.92. The second-order valence-electron chi connectivity index (χ2n) is 4.92. The van der Waals surface area contributed by atoms with Gasteiger partial charge in [-0.2, -0.15) is 0 Å². The number of fused-ring (bicyclic) bond motifs is 1. The summed E-state index contributed by atoms with van der Waals surface area (Å²) in [6.45, 7) is 2.86. The number of nitrogens with one attached hydrogen (secondary N) is 1. The SMILES string of the molecule is CCNc1nnc(S[C@H]2CCCc3ccccc3C2=O)s1. The van der Waals surface area contributed by atoms with Gasteiger partial charge in [-0.15, -0.1) is 10.2 Å². The molecule has 1 heterocycles. The average molecular weight is 319 g/mol. The number of aromatic nitrogens is 2. The first-order chi connectivity index (χ1) is 10.3. The van der Waals surface area contributed by atoms with Crippen molar-refractivity contribution in [1.82, 2.24) is 10.2 Å². The third-order valence-corrected chi connectivity index (χ3v) is 5.70. The Morgan fingerprint density at radius 2 is 2.24 bits per heavy atom. The van der Waals surface area contributed by atoms with Gasteiger partial charge in [0.2, 0.25) is 5.13 Å². The van der Waals surface area contributed by atoms with Crippen LogP contribution in [0.3, 0.4) is 0 Å². The normalized spacial score (nSPS) is 18.1. The highest BCUT2D eigenvalue weighted by molar-refractivity contribution is 8.02. The number of hydrogen-bond acceptors (Lipinski definition) is 6. The van der Waals surface area contributed by atoms with Crippen molar-refractivity contribution in [2.75, 3.05) is 11.9 Å². The number of ketones is 1. The van der Waals surface area contributed by atoms with E-state index in [1.54, 1.807) is 11.8 Å². The molecule has 1 aromatic carbocycles. The van der Waals surface area contributed by atoms with E-state index in [1.807, 2.05) is 25.1 Å². The molecule has 0 saturated heterocycles. The molecule has 4 nitrogen and oxygen atoms in total. The zero-order valence-corrected chi connectivity index (χ0v) is 13.5. The van der Waals surface area contributed by atoms with Crippen molar-refractivity contribution < 1.29 is 4.79 Å². The second kappa shape index (κ2) is 6.58. The Hall–Kier alpha value is -1.40. The molecule has 21 heavy (non-hydrogen) atoms. The molecule has 0 unspecified atom stereocenters. The average Bonchev–Trinajstić information content (AvgIpc) is 2.87. The van der Waals surface area contributed by atoms with Gasteiger partial charge in [0.1, 0.15) is 0 Å². The number of thioether (sulfide) groups is 1. The summed E-state index contributed by atoms with van der Waals surface area (Å²) in [5, 5.41) is 12.2. The molecule has 1 aliphatic carbocycles. The minimum atomic E-state index is -0.0453. The zero-order chi connectivity index (χ0) is 14.7. The largest absolute Gasteiger partial charge is 0.360 e. The van der Waals surface area contributed by atoms with Crippen molar-refractivity contribution in [3.63, 3.8) is 0 Å². The van der Waals surface area contributed by atoms with E-state index in [-0.39, 0.29) is 11.0 Å². The maximum Gasteiger partial charge on any atom is 0.206 e. The fourth-order valence-electron chi connectivity index (χ4n) is 2.48. The standard InChI is InChI=1S/C15H17N3OS2/c1-2-16-14-17-18-15(21-14)20-12-9-5-7-10-6-3-4-8-11(10)13(12)19/h3-4,6,8,12H,2,5,7,9H2,1H3,(H,16,17)/t12-/m0/s1. The highest BCUT2D eigenvalue weighted by atomic mass is 32.2. The summed E-state index contributed by atoms with van der Waals surface area (Å²) in [6, 6.07) is 7.96. The predicted molar refractivity (Wildman–Crippen MR) is 87.4 cm³/mol. The summed E-state index contributed by atoms with van der Waals surface area (Å²) in [4.78, 5) is 12.7. The van der Waals surface area contributed by atoms with E-state index in [0.29, 0.717) is 0 Å². The molecule has 0 fully saturated rings. The Morgan fingerprint density at radius 3 is 3.10 bits per heavy atom. The number of hydrogen-bond donors (Lipinski definition) is 1. The first-order valence-corrected chi connectivity index (χ1v) is 8.83. The number of Topliss-reactive ketones (excluding diaryl/α,β-unsaturated/α-hetero) is 1. The highest BCUT2D eigenvalue weighted by Crippen LogP contribution is 2.35. The smallest absolute Gasteiger partial charge is 0.206 e. The molecule has 110 valence electrons. The van der Waals surface area contributed by atoms with Crippen LogP contribution >= 0.6 is 23.1 Å². The van der Waals surface area contributed by atoms with Gasteiger partial charge in [0.25, 0.3) is 0 Å². The van der Waals surface area contributed by atoms with Crippen molar-refractivity contribution in [3.8, 4) is 0 Å². The van der Waals surface area contributed by atoms with Gasteiger partial charge in [0, 0.05) is 12.1 Å². The molecule has 0 bridgehead atoms. The molecule has 3 rings (SSSR count). The van der Waals surface area contributed by atoms with Gasteiger partial charge in [-0.05, 0) is 31.7 Å². The lowest BCUT2D eigenvalue weighted by molar-refractivity contribution is 0.0988. The van der Waals surface area contributed by atoms with E-state index in [1.165, 1.54) is 16.9 Å². The fraction of sp³-hybridized carbons (Fsp3) is 0.400. The minimum absolute atomic E-state index is 0.0453. The highest BCUT2D eigenvalue weighted by Gasteiger charge is 2.27. The van der Waals surface area contributed by atoms with E-state index in [4.69, 9.17) is 0 Å². The Kier molecular flexibility index (Phi) is 4.55. The molecular weight excluding hydrogens is 302 g/mol. The van der Waals surface area contributed by atoms with E-state index < -0.39 is 0 Å². The monoisotopic (exact) mass is 319 g/mol. The van der Waals surface area contributed by atoms with Crippen molar-refractivity contribution in [2.45, 2.75) is 35.8 Å². The van der Waals surface area contributed by atoms with Crippen LogP contribution in [-0.4, -0.2) is 27.8 Å². The van der Waals surface area contributed by atoms with E-state index >= 15 is 0 Å². The van der Waals surface area contributed by atoms with Crippen LogP contribution in [0.2, 0.25) is 0 Å². The quantitative estimate of drug-likeness (QED) is 0.872. The number of carbonyl (C=O) groups excluding carboxylic acids is 1. The molecule has 2 aromatic rings. The number of aryl methyl sites for hydroxylation is 1. The molecule has 1 atom stereocenters. The molecule has 1 aromatic heterocycles. The molecule has 0 radical (unpaired) electrons. The lowest BCUT2D eigenvalue weighted by Gasteiger charge is -2.10. The molecule has 6 heteroatoms. The first-order valence-electron chi connectivity index (χ1n) is 7.14. The maximum absolute atomic E-state index is 12.7. The Balaban J connectivity index is 1.77. The molecule has 0 spiro atoms. The Labute approximate surface area is 132 Å². The number of rotatable bonds is 4. The topological polar surface area (TPSA) is 54.9 Å². The summed E-state index contributed by atoms with van der Waals surface area (Å²) in [5.41, 5.74) is 2.06. The summed E-state index contributed by atoms with van der Waals surface area (Å²) in [7, 11) is 0. The van der Waals surface area contributed by atoms with Crippen LogP contribution in [0.1, 0.15) is 35.7 Å². The second-order valence-corrected chi connectivity index (χ2v) is 7.35. The lowest BCUT2D eigenvalue weighted by atomic mass is 10.0. The predicted octanol–water partition coefficient (Wildman–Crippen LogP) is 3.65. The number of carbonyl (C=O) groups is 1. The third kappa shape index (κ3) is 3.27. The zero-order valence-electron chi connectivity index (χ0n) is 11.8. The molecule has 0 amide bonds. The Morgan fingerprint density at radius 1 is 1.38 bits per heavy atom. The van der Waals surface area contributed by atoms with Gasteiger partial charge in [-0.25, -0.2) is 0 Å². The van der Waals surface area contributed by atoms with Gasteiger partial charge in [0.15, 0.2) is 10.1 Å². The molecule has 0 saturated carbocycles. The van der Waals surface area contributed by atoms with Crippen LogP contribution in [0.25, 0.3) is 0 Å². The maximum atomic E-state index is 12.7. The fourth-order valence-corrected chi connectivity index (χ4v) is 4.65. The van der Waals surface area contributed by atoms with Crippen molar-refractivity contribution >= 4 is 34.0 Å². The number of anilines is 1. The third-order valence-electron chi connectivity index (χ3n) is 3.47. The molecule has 1 N–H and O–H groups in total. The summed E-state index contributed by atoms with van der Waals surface area (Å²) in [5.74, 6) is 0.230. The van der Waals surface area contributed by atoms with Crippen molar-refractivity contribution in [3.05, 3.63) is 35.4 Å². The van der Waals surface area contributed by atoms with Gasteiger partial charge in [0.05, 0.1) is 5.25 Å². The van der Waals surface area contributed by atoms with Gasteiger partial charge < -0.3 is 5.32 Å². The van der Waals surface area contributed by atoms with Crippen molar-refractivity contribution in [2.24, 2.45) is 0 Å². The Bertz CT molecular complexity index is 641. The van der Waals surface area contributed by atoms with Crippen LogP contribution in [0, 0.1) is 0 Å². The van der Waals surface area contributed by atoms with Crippen LogP contribution in [0.4, 0.5) is 5.13 Å². The van der Waals surface area contributed by atoms with E-state index in [0.717, 1.165) is 40.8 Å².